The van der Waals surface area contributed by atoms with Crippen LogP contribution in [0.2, 0.25) is 0 Å². The Balaban J connectivity index is 1.69. The third-order valence-electron chi connectivity index (χ3n) is 10.8. The summed E-state index contributed by atoms with van der Waals surface area (Å²) in [5.74, 6) is -2.18. The Bertz CT molecular complexity index is 1270. The van der Waals surface area contributed by atoms with Crippen molar-refractivity contribution in [2.45, 2.75) is 123 Å². The second-order valence-corrected chi connectivity index (χ2v) is 14.9. The predicted octanol–water partition coefficient (Wildman–Crippen LogP) is 4.25. The number of fused-ring (bicyclic) bond motifs is 1. The van der Waals surface area contributed by atoms with Crippen LogP contribution in [0.4, 0.5) is 0 Å². The molecule has 10 nitrogen and oxygen atoms in total. The molecule has 10 heteroatoms. The average Bonchev–Trinajstić information content (AvgIpc) is 3.49. The number of likely N-dealkylation sites (N-methyl/N-ethyl adjacent to an activating group) is 1. The molecule has 1 fully saturated rings. The number of benzene rings is 1. The van der Waals surface area contributed by atoms with Crippen molar-refractivity contribution in [2.75, 3.05) is 27.2 Å². The summed E-state index contributed by atoms with van der Waals surface area (Å²) in [5, 5.41) is 33.2. The smallest absolute Gasteiger partial charge is 0.308 e. The first-order valence-electron chi connectivity index (χ1n) is 18.1. The molecule has 4 rings (SSSR count). The number of carbonyl (C=O) groups is 2. The van der Waals surface area contributed by atoms with E-state index in [0.29, 0.717) is 25.7 Å². The number of cyclic esters (lactones) is 1. The standard InChI is InChI=1S/C39H60N2O8/c1-8-35-31(23-42)17-24(2)13-14-33(43)25(3)18-28(15-16-41-21-29-11-9-10-12-30(29)22-41)38(27(5)34(44)20-36(45)48-35)49-39-37(46)32(40(6)7)19-26(4)47-39/h9-14,17,25-28,31-32,34-35,37-39,42,44,46H,8,15-16,18-23H2,1-7H3/b14-13+,24-17+/t25-,26-,27+,28+,31-,32+,34-,35-,37-,38-,39+/m1/s1. The molecule has 3 aliphatic heterocycles. The summed E-state index contributed by atoms with van der Waals surface area (Å²) in [7, 11) is 3.85. The molecule has 3 N–H and O–H groups in total. The van der Waals surface area contributed by atoms with Gasteiger partial charge in [-0.2, -0.15) is 0 Å². The lowest BCUT2D eigenvalue weighted by Crippen LogP contribution is -2.56. The molecule has 0 unspecified atom stereocenters. The molecule has 11 atom stereocenters. The molecule has 0 aliphatic carbocycles. The van der Waals surface area contributed by atoms with Gasteiger partial charge in [-0.05, 0) is 83.3 Å². The van der Waals surface area contributed by atoms with Crippen LogP contribution in [0.3, 0.4) is 0 Å². The van der Waals surface area contributed by atoms with Crippen molar-refractivity contribution in [3.05, 3.63) is 59.2 Å². The van der Waals surface area contributed by atoms with E-state index in [1.54, 1.807) is 12.2 Å². The highest BCUT2D eigenvalue weighted by Crippen LogP contribution is 2.35. The first kappa shape index (κ1) is 39.3. The summed E-state index contributed by atoms with van der Waals surface area (Å²) in [4.78, 5) is 31.2. The lowest BCUT2D eigenvalue weighted by Gasteiger charge is -2.44. The lowest BCUT2D eigenvalue weighted by atomic mass is 9.79. The normalized spacial score (nSPS) is 37.4. The SMILES string of the molecule is CC[C@H]1OC(=O)C[C@@H](O)[C@H](C)[C@@H](O[C@@H]2O[C@H](C)C[C@H](N(C)C)[C@H]2O)[C@@H](CCN2Cc3ccccc3C2)C[C@@H](C)C(=O)/C=C/C(C)=C/[C@@H]1CO. The number of aliphatic hydroxyl groups is 3. The number of ketones is 1. The Labute approximate surface area is 293 Å². The quantitative estimate of drug-likeness (QED) is 0.342. The minimum absolute atomic E-state index is 0.0281. The minimum Gasteiger partial charge on any atom is -0.462 e. The zero-order chi connectivity index (χ0) is 35.8. The van der Waals surface area contributed by atoms with E-state index in [0.717, 1.165) is 25.2 Å². The Morgan fingerprint density at radius 3 is 2.31 bits per heavy atom. The molecule has 1 aromatic rings. The zero-order valence-corrected chi connectivity index (χ0v) is 30.5. The third-order valence-corrected chi connectivity index (χ3v) is 10.8. The largest absolute Gasteiger partial charge is 0.462 e. The van der Waals surface area contributed by atoms with Gasteiger partial charge in [0.05, 0.1) is 31.3 Å². The van der Waals surface area contributed by atoms with Gasteiger partial charge >= 0.3 is 5.97 Å². The van der Waals surface area contributed by atoms with Crippen LogP contribution in [0.5, 0.6) is 0 Å². The van der Waals surface area contributed by atoms with Crippen molar-refractivity contribution in [3.63, 3.8) is 0 Å². The molecular formula is C39H60N2O8. The van der Waals surface area contributed by atoms with Gasteiger partial charge in [0.15, 0.2) is 12.1 Å². The number of carbonyl (C=O) groups excluding carboxylic acids is 2. The second kappa shape index (κ2) is 18.2. The number of allylic oxidation sites excluding steroid dienone is 3. The molecule has 49 heavy (non-hydrogen) atoms. The maximum absolute atomic E-state index is 13.6. The van der Waals surface area contributed by atoms with Crippen molar-refractivity contribution < 1.29 is 39.1 Å². The fraction of sp³-hybridized carbons (Fsp3) is 0.692. The Morgan fingerprint density at radius 2 is 1.69 bits per heavy atom. The van der Waals surface area contributed by atoms with Gasteiger partial charge in [-0.25, -0.2) is 0 Å². The molecule has 0 saturated carbocycles. The highest BCUT2D eigenvalue weighted by Gasteiger charge is 2.43. The highest BCUT2D eigenvalue weighted by atomic mass is 16.7. The molecule has 274 valence electrons. The maximum Gasteiger partial charge on any atom is 0.308 e. The van der Waals surface area contributed by atoms with E-state index in [2.05, 4.69) is 29.2 Å². The van der Waals surface area contributed by atoms with Crippen LogP contribution >= 0.6 is 0 Å². The highest BCUT2D eigenvalue weighted by molar-refractivity contribution is 5.91. The number of ether oxygens (including phenoxy) is 3. The van der Waals surface area contributed by atoms with Crippen molar-refractivity contribution in [2.24, 2.45) is 23.7 Å². The summed E-state index contributed by atoms with van der Waals surface area (Å²) < 4.78 is 18.8. The molecule has 0 radical (unpaired) electrons. The summed E-state index contributed by atoms with van der Waals surface area (Å²) in [5.41, 5.74) is 3.40. The van der Waals surface area contributed by atoms with Gasteiger partial charge in [0.1, 0.15) is 12.2 Å². The van der Waals surface area contributed by atoms with Crippen molar-refractivity contribution in [1.82, 2.24) is 9.80 Å². The van der Waals surface area contributed by atoms with Crippen molar-refractivity contribution >= 4 is 11.8 Å². The van der Waals surface area contributed by atoms with Gasteiger partial charge in [0, 0.05) is 36.9 Å². The van der Waals surface area contributed by atoms with Crippen LogP contribution in [-0.2, 0) is 36.9 Å². The average molecular weight is 685 g/mol. The van der Waals surface area contributed by atoms with Crippen LogP contribution in [0.1, 0.15) is 77.8 Å². The Kier molecular flexibility index (Phi) is 14.6. The summed E-state index contributed by atoms with van der Waals surface area (Å²) in [6.07, 6.45) is 2.75. The van der Waals surface area contributed by atoms with Gasteiger partial charge in [-0.1, -0.05) is 62.8 Å². The van der Waals surface area contributed by atoms with Crippen LogP contribution in [-0.4, -0.2) is 107 Å². The molecule has 1 aromatic carbocycles. The van der Waals surface area contributed by atoms with Crippen LogP contribution < -0.4 is 0 Å². The number of esters is 1. The van der Waals surface area contributed by atoms with Gasteiger partial charge in [-0.15, -0.1) is 0 Å². The number of hydrogen-bond acceptors (Lipinski definition) is 10. The lowest BCUT2D eigenvalue weighted by molar-refractivity contribution is -0.283. The Morgan fingerprint density at radius 1 is 1.02 bits per heavy atom. The molecule has 0 aromatic heterocycles. The van der Waals surface area contributed by atoms with Crippen molar-refractivity contribution in [1.29, 1.82) is 0 Å². The van der Waals surface area contributed by atoms with Gasteiger partial charge in [0.25, 0.3) is 0 Å². The van der Waals surface area contributed by atoms with E-state index < -0.39 is 48.5 Å². The van der Waals surface area contributed by atoms with E-state index in [4.69, 9.17) is 14.2 Å². The van der Waals surface area contributed by atoms with Crippen LogP contribution in [0, 0.1) is 23.7 Å². The summed E-state index contributed by atoms with van der Waals surface area (Å²) in [6, 6.07) is 8.24. The number of hydrogen-bond donors (Lipinski definition) is 3. The molecule has 0 bridgehead atoms. The third kappa shape index (κ3) is 10.5. The number of nitrogens with zero attached hydrogens (tertiary/aromatic N) is 2. The minimum atomic E-state index is -1.12. The molecule has 1 saturated heterocycles. The fourth-order valence-electron chi connectivity index (χ4n) is 7.69. The van der Waals surface area contributed by atoms with E-state index in [-0.39, 0.29) is 42.8 Å². The van der Waals surface area contributed by atoms with Crippen LogP contribution in [0.15, 0.2) is 48.1 Å². The zero-order valence-electron chi connectivity index (χ0n) is 30.5. The van der Waals surface area contributed by atoms with Crippen molar-refractivity contribution in [3.8, 4) is 0 Å². The molecule has 0 amide bonds. The molecule has 3 aliphatic rings. The van der Waals surface area contributed by atoms with Gasteiger partial charge in [0.2, 0.25) is 0 Å². The van der Waals surface area contributed by atoms with E-state index in [1.165, 1.54) is 11.1 Å². The molecular weight excluding hydrogens is 624 g/mol. The molecule has 0 spiro atoms. The fourth-order valence-corrected chi connectivity index (χ4v) is 7.69. The summed E-state index contributed by atoms with van der Waals surface area (Å²) >= 11 is 0. The van der Waals surface area contributed by atoms with E-state index in [1.807, 2.05) is 59.7 Å². The maximum atomic E-state index is 13.6. The second-order valence-electron chi connectivity index (χ2n) is 14.9. The number of aliphatic hydroxyl groups excluding tert-OH is 3. The predicted molar refractivity (Wildman–Crippen MR) is 188 cm³/mol. The van der Waals surface area contributed by atoms with Gasteiger partial charge < -0.3 is 34.4 Å². The topological polar surface area (TPSA) is 129 Å². The monoisotopic (exact) mass is 684 g/mol. The first-order chi connectivity index (χ1) is 23.3. The first-order valence-corrected chi connectivity index (χ1v) is 18.1. The number of rotatable bonds is 8. The van der Waals surface area contributed by atoms with E-state index in [9.17, 15) is 24.9 Å². The van der Waals surface area contributed by atoms with Gasteiger partial charge in [-0.3, -0.25) is 14.5 Å². The van der Waals surface area contributed by atoms with E-state index >= 15 is 0 Å². The summed E-state index contributed by atoms with van der Waals surface area (Å²) in [6.45, 7) is 11.7. The van der Waals surface area contributed by atoms with Crippen LogP contribution in [0.25, 0.3) is 0 Å². The Hall–Kier alpha value is -2.44. The molecule has 3 heterocycles.